The van der Waals surface area contributed by atoms with Crippen LogP contribution in [0.2, 0.25) is 0 Å². The van der Waals surface area contributed by atoms with E-state index in [1.165, 1.54) is 0 Å². The number of nitrogens with zero attached hydrogens (tertiary/aromatic N) is 4. The zero-order valence-electron chi connectivity index (χ0n) is 14.6. The molecule has 0 aromatic carbocycles. The number of pyridine rings is 1. The highest BCUT2D eigenvalue weighted by atomic mass is 16.2. The van der Waals surface area contributed by atoms with E-state index < -0.39 is 5.54 Å². The molecule has 3 heterocycles. The van der Waals surface area contributed by atoms with Crippen LogP contribution in [0.1, 0.15) is 31.2 Å². The number of likely N-dealkylation sites (tertiary alicyclic amines) is 2. The first-order valence-electron chi connectivity index (χ1n) is 8.66. The van der Waals surface area contributed by atoms with Crippen LogP contribution in [0.3, 0.4) is 0 Å². The van der Waals surface area contributed by atoms with Gasteiger partial charge in [-0.25, -0.2) is 0 Å². The Bertz CT molecular complexity index is 606. The fourth-order valence-corrected chi connectivity index (χ4v) is 4.07. The van der Waals surface area contributed by atoms with Crippen LogP contribution in [-0.2, 0) is 16.1 Å². The van der Waals surface area contributed by atoms with Crippen LogP contribution in [0, 0.1) is 0 Å². The first kappa shape index (κ1) is 16.9. The first-order chi connectivity index (χ1) is 11.5. The SMILES string of the molecule is CN(CC(=O)N1CCCC12CCCN(C)C2=O)Cc1ccncc1. The number of piperidine rings is 1. The second-order valence-corrected chi connectivity index (χ2v) is 7.04. The highest BCUT2D eigenvalue weighted by Gasteiger charge is 2.51. The van der Waals surface area contributed by atoms with Gasteiger partial charge in [0.25, 0.3) is 0 Å². The molecule has 1 aromatic heterocycles. The smallest absolute Gasteiger partial charge is 0.248 e. The molecule has 6 nitrogen and oxygen atoms in total. The van der Waals surface area contributed by atoms with E-state index in [4.69, 9.17) is 0 Å². The molecule has 3 rings (SSSR count). The molecule has 2 fully saturated rings. The minimum Gasteiger partial charge on any atom is -0.344 e. The minimum atomic E-state index is -0.582. The van der Waals surface area contributed by atoms with E-state index in [0.29, 0.717) is 19.6 Å². The highest BCUT2D eigenvalue weighted by Crippen LogP contribution is 2.37. The Balaban J connectivity index is 1.66. The molecule has 1 atom stereocenters. The first-order valence-corrected chi connectivity index (χ1v) is 8.66. The van der Waals surface area contributed by atoms with Gasteiger partial charge in [-0.15, -0.1) is 0 Å². The van der Waals surface area contributed by atoms with E-state index in [1.807, 2.05) is 36.0 Å². The molecule has 0 bridgehead atoms. The van der Waals surface area contributed by atoms with Gasteiger partial charge >= 0.3 is 0 Å². The Kier molecular flexibility index (Phi) is 4.85. The quantitative estimate of drug-likeness (QED) is 0.830. The van der Waals surface area contributed by atoms with Gasteiger partial charge in [-0.05, 0) is 50.4 Å². The third kappa shape index (κ3) is 3.15. The fourth-order valence-electron chi connectivity index (χ4n) is 4.07. The van der Waals surface area contributed by atoms with Gasteiger partial charge in [0.2, 0.25) is 11.8 Å². The molecule has 130 valence electrons. The summed E-state index contributed by atoms with van der Waals surface area (Å²) in [6.07, 6.45) is 7.01. The van der Waals surface area contributed by atoms with Gasteiger partial charge in [-0.1, -0.05) is 0 Å². The van der Waals surface area contributed by atoms with Crippen LogP contribution in [0.5, 0.6) is 0 Å². The molecule has 0 aliphatic carbocycles. The average Bonchev–Trinajstić information content (AvgIpc) is 2.98. The number of rotatable bonds is 4. The molecule has 1 spiro atoms. The number of hydrogen-bond donors (Lipinski definition) is 0. The predicted molar refractivity (Wildman–Crippen MR) is 91.1 cm³/mol. The second kappa shape index (κ2) is 6.89. The molecule has 2 aliphatic heterocycles. The van der Waals surface area contributed by atoms with Crippen LogP contribution >= 0.6 is 0 Å². The third-order valence-electron chi connectivity index (χ3n) is 5.23. The molecule has 24 heavy (non-hydrogen) atoms. The van der Waals surface area contributed by atoms with Crippen molar-refractivity contribution in [3.63, 3.8) is 0 Å². The summed E-state index contributed by atoms with van der Waals surface area (Å²) in [5, 5.41) is 0. The van der Waals surface area contributed by atoms with Gasteiger partial charge in [0, 0.05) is 39.1 Å². The van der Waals surface area contributed by atoms with Crippen molar-refractivity contribution in [3.8, 4) is 0 Å². The van der Waals surface area contributed by atoms with E-state index >= 15 is 0 Å². The minimum absolute atomic E-state index is 0.0627. The molecule has 0 radical (unpaired) electrons. The Morgan fingerprint density at radius 3 is 2.62 bits per heavy atom. The van der Waals surface area contributed by atoms with Crippen molar-refractivity contribution in [2.75, 3.05) is 33.7 Å². The lowest BCUT2D eigenvalue weighted by molar-refractivity contribution is -0.154. The summed E-state index contributed by atoms with van der Waals surface area (Å²) in [6, 6.07) is 3.91. The third-order valence-corrected chi connectivity index (χ3v) is 5.23. The summed E-state index contributed by atoms with van der Waals surface area (Å²) in [4.78, 5) is 35.3. The summed E-state index contributed by atoms with van der Waals surface area (Å²) in [5.74, 6) is 0.184. The van der Waals surface area contributed by atoms with E-state index in [9.17, 15) is 9.59 Å². The lowest BCUT2D eigenvalue weighted by atomic mass is 9.85. The predicted octanol–water partition coefficient (Wildman–Crippen LogP) is 1.13. The van der Waals surface area contributed by atoms with Gasteiger partial charge in [0.1, 0.15) is 5.54 Å². The zero-order valence-corrected chi connectivity index (χ0v) is 14.6. The lowest BCUT2D eigenvalue weighted by Gasteiger charge is -2.43. The summed E-state index contributed by atoms with van der Waals surface area (Å²) in [7, 11) is 3.79. The van der Waals surface area contributed by atoms with Crippen molar-refractivity contribution in [2.24, 2.45) is 0 Å². The fraction of sp³-hybridized carbons (Fsp3) is 0.611. The number of likely N-dealkylation sites (N-methyl/N-ethyl adjacent to an activating group) is 2. The van der Waals surface area contributed by atoms with Gasteiger partial charge in [0.15, 0.2) is 0 Å². The van der Waals surface area contributed by atoms with Crippen molar-refractivity contribution in [1.29, 1.82) is 0 Å². The molecule has 2 amide bonds. The van der Waals surface area contributed by atoms with Gasteiger partial charge in [-0.2, -0.15) is 0 Å². The van der Waals surface area contributed by atoms with Gasteiger partial charge in [0.05, 0.1) is 6.54 Å². The Morgan fingerprint density at radius 2 is 1.92 bits per heavy atom. The summed E-state index contributed by atoms with van der Waals surface area (Å²) < 4.78 is 0. The Labute approximate surface area is 143 Å². The van der Waals surface area contributed by atoms with Crippen molar-refractivity contribution >= 4 is 11.8 Å². The largest absolute Gasteiger partial charge is 0.344 e. The van der Waals surface area contributed by atoms with Gasteiger partial charge < -0.3 is 9.80 Å². The maximum absolute atomic E-state index is 12.9. The zero-order chi connectivity index (χ0) is 17.2. The van der Waals surface area contributed by atoms with E-state index in [-0.39, 0.29) is 11.8 Å². The summed E-state index contributed by atoms with van der Waals surface area (Å²) in [5.41, 5.74) is 0.548. The Morgan fingerprint density at radius 1 is 1.25 bits per heavy atom. The second-order valence-electron chi connectivity index (χ2n) is 7.04. The Hall–Kier alpha value is -1.95. The van der Waals surface area contributed by atoms with Crippen LogP contribution in [0.25, 0.3) is 0 Å². The van der Waals surface area contributed by atoms with E-state index in [1.54, 1.807) is 17.3 Å². The number of carbonyl (C=O) groups excluding carboxylic acids is 2. The number of aromatic nitrogens is 1. The standard InChI is InChI=1S/C18H26N4O2/c1-20(13-15-5-9-19-10-6-15)14-16(23)22-12-4-8-18(22)7-3-11-21(2)17(18)24/h5-6,9-10H,3-4,7-8,11-14H2,1-2H3. The average molecular weight is 330 g/mol. The van der Waals surface area contributed by atoms with Crippen LogP contribution in [-0.4, -0.2) is 70.8 Å². The highest BCUT2D eigenvalue weighted by molar-refractivity contribution is 5.93. The molecular weight excluding hydrogens is 304 g/mol. The normalized spacial score (nSPS) is 24.2. The monoisotopic (exact) mass is 330 g/mol. The number of amides is 2. The molecule has 2 saturated heterocycles. The van der Waals surface area contributed by atoms with Crippen LogP contribution < -0.4 is 0 Å². The van der Waals surface area contributed by atoms with Gasteiger partial charge in [-0.3, -0.25) is 19.5 Å². The molecular formula is C18H26N4O2. The molecule has 0 N–H and O–H groups in total. The topological polar surface area (TPSA) is 56.8 Å². The molecule has 2 aliphatic rings. The van der Waals surface area contributed by atoms with Crippen molar-refractivity contribution in [2.45, 2.75) is 37.8 Å². The van der Waals surface area contributed by atoms with Crippen molar-refractivity contribution in [1.82, 2.24) is 19.7 Å². The molecule has 1 aromatic rings. The van der Waals surface area contributed by atoms with E-state index in [2.05, 4.69) is 4.98 Å². The van der Waals surface area contributed by atoms with E-state index in [0.717, 1.165) is 37.8 Å². The maximum Gasteiger partial charge on any atom is 0.248 e. The lowest BCUT2D eigenvalue weighted by Crippen LogP contribution is -2.61. The summed E-state index contributed by atoms with van der Waals surface area (Å²) in [6.45, 7) is 2.52. The van der Waals surface area contributed by atoms with Crippen LogP contribution in [0.15, 0.2) is 24.5 Å². The number of carbonyl (C=O) groups is 2. The van der Waals surface area contributed by atoms with Crippen molar-refractivity contribution < 1.29 is 9.59 Å². The molecule has 0 saturated carbocycles. The van der Waals surface area contributed by atoms with Crippen molar-refractivity contribution in [3.05, 3.63) is 30.1 Å². The molecule has 6 heteroatoms. The summed E-state index contributed by atoms with van der Waals surface area (Å²) >= 11 is 0. The maximum atomic E-state index is 12.9. The van der Waals surface area contributed by atoms with Crippen LogP contribution in [0.4, 0.5) is 0 Å². The molecule has 1 unspecified atom stereocenters. The number of hydrogen-bond acceptors (Lipinski definition) is 4.